The van der Waals surface area contributed by atoms with Gasteiger partial charge < -0.3 is 14.3 Å². The SMILES string of the molecule is CCS(=O)(=O)C(C)(C)c1ccc(Oc2ccc(F)cc2F)c(-c2c[nH]c3c(=O)n(C)ccc23)c1. The van der Waals surface area contributed by atoms with E-state index in [4.69, 9.17) is 4.74 Å². The monoisotopic (exact) mass is 486 g/mol. The van der Waals surface area contributed by atoms with Gasteiger partial charge >= 0.3 is 0 Å². The summed E-state index contributed by atoms with van der Waals surface area (Å²) in [5.74, 6) is -1.62. The summed E-state index contributed by atoms with van der Waals surface area (Å²) < 4.78 is 59.3. The molecule has 0 aliphatic heterocycles. The summed E-state index contributed by atoms with van der Waals surface area (Å²) in [5.41, 5.74) is 1.68. The van der Waals surface area contributed by atoms with Crippen LogP contribution in [0.2, 0.25) is 0 Å². The van der Waals surface area contributed by atoms with E-state index in [0.717, 1.165) is 12.1 Å². The van der Waals surface area contributed by atoms with Crippen molar-refractivity contribution in [3.8, 4) is 22.6 Å². The number of sulfone groups is 1. The Balaban J connectivity index is 1.96. The lowest BCUT2D eigenvalue weighted by molar-refractivity contribution is 0.438. The molecule has 6 nitrogen and oxygen atoms in total. The Morgan fingerprint density at radius 1 is 1.03 bits per heavy atom. The lowest BCUT2D eigenvalue weighted by Gasteiger charge is -2.26. The van der Waals surface area contributed by atoms with Gasteiger partial charge in [-0.05, 0) is 49.7 Å². The Morgan fingerprint density at radius 2 is 1.74 bits per heavy atom. The molecule has 2 aromatic carbocycles. The number of aromatic nitrogens is 2. The van der Waals surface area contributed by atoms with E-state index in [1.165, 1.54) is 10.6 Å². The maximum Gasteiger partial charge on any atom is 0.274 e. The van der Waals surface area contributed by atoms with Crippen LogP contribution in [0.25, 0.3) is 22.0 Å². The predicted molar refractivity (Wildman–Crippen MR) is 128 cm³/mol. The van der Waals surface area contributed by atoms with Gasteiger partial charge in [-0.1, -0.05) is 13.0 Å². The first-order chi connectivity index (χ1) is 16.0. The smallest absolute Gasteiger partial charge is 0.274 e. The van der Waals surface area contributed by atoms with Crippen LogP contribution in [0.15, 0.2) is 59.7 Å². The van der Waals surface area contributed by atoms with E-state index in [9.17, 15) is 22.0 Å². The van der Waals surface area contributed by atoms with E-state index in [-0.39, 0.29) is 22.8 Å². The summed E-state index contributed by atoms with van der Waals surface area (Å²) in [4.78, 5) is 15.5. The first-order valence-electron chi connectivity index (χ1n) is 10.6. The van der Waals surface area contributed by atoms with Crippen molar-refractivity contribution < 1.29 is 21.9 Å². The molecule has 0 amide bonds. The van der Waals surface area contributed by atoms with Crippen molar-refractivity contribution in [1.29, 1.82) is 0 Å². The van der Waals surface area contributed by atoms with Crippen molar-refractivity contribution in [3.05, 3.63) is 82.4 Å². The zero-order chi connectivity index (χ0) is 24.8. The van der Waals surface area contributed by atoms with Crippen molar-refractivity contribution >= 4 is 20.7 Å². The van der Waals surface area contributed by atoms with Crippen LogP contribution in [0, 0.1) is 11.6 Å². The Labute approximate surface area is 195 Å². The number of aryl methyl sites for hydroxylation is 1. The number of halogens is 2. The van der Waals surface area contributed by atoms with E-state index in [0.29, 0.717) is 27.6 Å². The van der Waals surface area contributed by atoms with Crippen LogP contribution in [0.3, 0.4) is 0 Å². The van der Waals surface area contributed by atoms with Gasteiger partial charge in [-0.15, -0.1) is 0 Å². The number of rotatable bonds is 6. The highest BCUT2D eigenvalue weighted by molar-refractivity contribution is 7.92. The lowest BCUT2D eigenvalue weighted by atomic mass is 9.95. The number of H-pyrrole nitrogens is 1. The summed E-state index contributed by atoms with van der Waals surface area (Å²) >= 11 is 0. The van der Waals surface area contributed by atoms with Gasteiger partial charge in [0.2, 0.25) is 0 Å². The molecule has 0 unspecified atom stereocenters. The molecule has 0 aliphatic carbocycles. The van der Waals surface area contributed by atoms with Gasteiger partial charge in [0.05, 0.1) is 4.75 Å². The molecule has 0 bridgehead atoms. The van der Waals surface area contributed by atoms with Crippen molar-refractivity contribution in [1.82, 2.24) is 9.55 Å². The van der Waals surface area contributed by atoms with Crippen LogP contribution in [0.5, 0.6) is 11.5 Å². The Bertz CT molecular complexity index is 1570. The molecule has 0 atom stereocenters. The molecular weight excluding hydrogens is 462 g/mol. The van der Waals surface area contributed by atoms with E-state index < -0.39 is 26.2 Å². The van der Waals surface area contributed by atoms with Gasteiger partial charge in [0.15, 0.2) is 21.4 Å². The summed E-state index contributed by atoms with van der Waals surface area (Å²) in [6.07, 6.45) is 3.25. The Kier molecular flexibility index (Phi) is 5.85. The quantitative estimate of drug-likeness (QED) is 0.402. The molecule has 0 aliphatic rings. The molecule has 0 saturated carbocycles. The van der Waals surface area contributed by atoms with Gasteiger partial charge in [0.25, 0.3) is 5.56 Å². The van der Waals surface area contributed by atoms with Crippen LogP contribution < -0.4 is 10.3 Å². The molecule has 0 radical (unpaired) electrons. The van der Waals surface area contributed by atoms with Crippen LogP contribution in [0.1, 0.15) is 26.3 Å². The zero-order valence-corrected chi connectivity index (χ0v) is 20.0. The number of benzene rings is 2. The third-order valence-corrected chi connectivity index (χ3v) is 8.71. The second kappa shape index (κ2) is 8.39. The molecule has 4 rings (SSSR count). The molecule has 0 spiro atoms. The second-order valence-corrected chi connectivity index (χ2v) is 11.4. The molecule has 0 saturated heterocycles. The molecule has 34 heavy (non-hydrogen) atoms. The summed E-state index contributed by atoms with van der Waals surface area (Å²) in [6, 6.07) is 9.57. The van der Waals surface area contributed by atoms with E-state index in [2.05, 4.69) is 4.98 Å². The van der Waals surface area contributed by atoms with Gasteiger partial charge in [0.1, 0.15) is 17.1 Å². The first kappa shape index (κ1) is 23.7. The van der Waals surface area contributed by atoms with Crippen molar-refractivity contribution in [2.75, 3.05) is 5.75 Å². The highest BCUT2D eigenvalue weighted by Gasteiger charge is 2.35. The van der Waals surface area contributed by atoms with Gasteiger partial charge in [-0.3, -0.25) is 4.79 Å². The van der Waals surface area contributed by atoms with Crippen LogP contribution in [-0.4, -0.2) is 23.7 Å². The summed E-state index contributed by atoms with van der Waals surface area (Å²) in [7, 11) is -1.85. The topological polar surface area (TPSA) is 81.2 Å². The third-order valence-electron chi connectivity index (χ3n) is 6.16. The lowest BCUT2D eigenvalue weighted by Crippen LogP contribution is -2.30. The van der Waals surface area contributed by atoms with E-state index >= 15 is 0 Å². The fraction of sp³-hybridized carbons (Fsp3) is 0.240. The largest absolute Gasteiger partial charge is 0.454 e. The van der Waals surface area contributed by atoms with Gasteiger partial charge in [-0.2, -0.15) is 0 Å². The average molecular weight is 487 g/mol. The fourth-order valence-electron chi connectivity index (χ4n) is 3.86. The molecule has 9 heteroatoms. The van der Waals surface area contributed by atoms with Gasteiger partial charge in [-0.25, -0.2) is 17.2 Å². The molecule has 2 heterocycles. The molecule has 1 N–H and O–H groups in total. The highest BCUT2D eigenvalue weighted by Crippen LogP contribution is 2.41. The fourth-order valence-corrected chi connectivity index (χ4v) is 5.07. The van der Waals surface area contributed by atoms with Crippen LogP contribution in [0.4, 0.5) is 8.78 Å². The number of hydrogen-bond acceptors (Lipinski definition) is 4. The van der Waals surface area contributed by atoms with Crippen molar-refractivity contribution in [2.24, 2.45) is 7.05 Å². The standard InChI is InChI=1S/C25H24F2N2O4S/c1-5-34(31,32)25(2,3)15-6-8-21(33-22-9-7-16(26)13-20(22)27)18(12-15)19-14-28-23-17(19)10-11-29(4)24(23)30/h6-14,28H,5H2,1-4H3. The second-order valence-electron chi connectivity index (χ2n) is 8.52. The Morgan fingerprint density at radius 3 is 2.41 bits per heavy atom. The van der Waals surface area contributed by atoms with Crippen molar-refractivity contribution in [3.63, 3.8) is 0 Å². The van der Waals surface area contributed by atoms with Crippen molar-refractivity contribution in [2.45, 2.75) is 25.5 Å². The number of pyridine rings is 1. The maximum absolute atomic E-state index is 14.3. The van der Waals surface area contributed by atoms with Gasteiger partial charge in [0, 0.05) is 47.8 Å². The molecular formula is C25H24F2N2O4S. The molecule has 4 aromatic rings. The summed E-state index contributed by atoms with van der Waals surface area (Å²) in [6.45, 7) is 4.83. The number of nitrogens with one attached hydrogen (secondary N) is 1. The number of ether oxygens (including phenoxy) is 1. The summed E-state index contributed by atoms with van der Waals surface area (Å²) in [5, 5.41) is 0.598. The molecule has 178 valence electrons. The number of nitrogens with zero attached hydrogens (tertiary/aromatic N) is 1. The Hall–Kier alpha value is -3.46. The number of aromatic amines is 1. The minimum atomic E-state index is -3.48. The number of fused-ring (bicyclic) bond motifs is 1. The minimum absolute atomic E-state index is 0.0441. The van der Waals surface area contributed by atoms with Crippen LogP contribution >= 0.6 is 0 Å². The first-order valence-corrected chi connectivity index (χ1v) is 12.3. The zero-order valence-electron chi connectivity index (χ0n) is 19.1. The van der Waals surface area contributed by atoms with E-state index in [1.54, 1.807) is 64.5 Å². The number of hydrogen-bond donors (Lipinski definition) is 1. The van der Waals surface area contributed by atoms with E-state index in [1.807, 2.05) is 0 Å². The third kappa shape index (κ3) is 3.90. The molecule has 0 fully saturated rings. The molecule has 2 aromatic heterocycles. The normalized spacial score (nSPS) is 12.3. The maximum atomic E-state index is 14.3. The van der Waals surface area contributed by atoms with Crippen LogP contribution in [-0.2, 0) is 21.6 Å². The average Bonchev–Trinajstić information content (AvgIpc) is 3.22. The highest BCUT2D eigenvalue weighted by atomic mass is 32.2. The minimum Gasteiger partial charge on any atom is -0.454 e. The predicted octanol–water partition coefficient (Wildman–Crippen LogP) is 5.27.